The average molecular weight is 320 g/mol. The molecular weight excluding hydrogens is 300 g/mol. The minimum atomic E-state index is -1.07. The number of carboxylic acids is 1. The molecule has 1 aliphatic heterocycles. The number of aryl methyl sites for hydroxylation is 1. The third-order valence-corrected chi connectivity index (χ3v) is 3.72. The van der Waals surface area contributed by atoms with E-state index >= 15 is 0 Å². The molecule has 1 aromatic rings. The number of hydrogen-bond donors (Lipinski definition) is 2. The maximum absolute atomic E-state index is 12.4. The molecule has 0 aromatic carbocycles. The number of nitrogens with one attached hydrogen (secondary N) is 1. The first-order chi connectivity index (χ1) is 10.9. The van der Waals surface area contributed by atoms with E-state index in [1.807, 2.05) is 6.92 Å². The summed E-state index contributed by atoms with van der Waals surface area (Å²) >= 11 is 0. The Morgan fingerprint density at radius 2 is 1.78 bits per heavy atom. The summed E-state index contributed by atoms with van der Waals surface area (Å²) in [5, 5.41) is 11.7. The molecule has 0 saturated carbocycles. The van der Waals surface area contributed by atoms with E-state index in [2.05, 4.69) is 10.3 Å². The minimum absolute atomic E-state index is 0.0857. The molecule has 0 aliphatic carbocycles. The van der Waals surface area contributed by atoms with Crippen LogP contribution in [0.2, 0.25) is 0 Å². The van der Waals surface area contributed by atoms with Crippen LogP contribution in [0.3, 0.4) is 0 Å². The van der Waals surface area contributed by atoms with Crippen LogP contribution in [0.4, 0.5) is 4.79 Å². The van der Waals surface area contributed by atoms with Gasteiger partial charge in [0.15, 0.2) is 0 Å². The lowest BCUT2D eigenvalue weighted by molar-refractivity contribution is 0.0654. The van der Waals surface area contributed by atoms with E-state index in [0.29, 0.717) is 38.4 Å². The first-order valence-electron chi connectivity index (χ1n) is 7.47. The van der Waals surface area contributed by atoms with Crippen molar-refractivity contribution in [3.8, 4) is 0 Å². The summed E-state index contributed by atoms with van der Waals surface area (Å²) in [6.07, 6.45) is 0. The van der Waals surface area contributed by atoms with Crippen molar-refractivity contribution in [1.82, 2.24) is 20.1 Å². The molecule has 124 valence electrons. The zero-order chi connectivity index (χ0) is 17.0. The Kier molecular flexibility index (Phi) is 5.15. The van der Waals surface area contributed by atoms with Gasteiger partial charge in [-0.25, -0.2) is 14.6 Å². The van der Waals surface area contributed by atoms with Crippen LogP contribution in [-0.2, 0) is 0 Å². The molecule has 0 atom stereocenters. The molecule has 1 saturated heterocycles. The fourth-order valence-electron chi connectivity index (χ4n) is 2.44. The van der Waals surface area contributed by atoms with Gasteiger partial charge >= 0.3 is 12.0 Å². The molecule has 1 aliphatic rings. The first-order valence-corrected chi connectivity index (χ1v) is 7.47. The number of urea groups is 1. The smallest absolute Gasteiger partial charge is 0.337 e. The number of amides is 3. The zero-order valence-electron chi connectivity index (χ0n) is 13.2. The average Bonchev–Trinajstić information content (AvgIpc) is 2.54. The number of nitrogens with zero attached hydrogens (tertiary/aromatic N) is 3. The van der Waals surface area contributed by atoms with Crippen molar-refractivity contribution in [3.05, 3.63) is 29.1 Å². The topological polar surface area (TPSA) is 103 Å². The van der Waals surface area contributed by atoms with E-state index in [-0.39, 0.29) is 23.2 Å². The first kappa shape index (κ1) is 16.7. The van der Waals surface area contributed by atoms with Crippen molar-refractivity contribution in [2.24, 2.45) is 0 Å². The number of aromatic nitrogens is 1. The minimum Gasteiger partial charge on any atom is -0.478 e. The normalized spacial score (nSPS) is 14.5. The highest BCUT2D eigenvalue weighted by molar-refractivity contribution is 5.94. The van der Waals surface area contributed by atoms with Crippen molar-refractivity contribution >= 4 is 17.9 Å². The standard InChI is InChI=1S/C15H20N4O4/c1-3-16-15(23)19-8-6-18(7-9-19)13(20)12-5-4-11(14(21)22)10(2)17-12/h4-5H,3,6-9H2,1-2H3,(H,16,23)(H,21,22). The van der Waals surface area contributed by atoms with Crippen molar-refractivity contribution in [2.75, 3.05) is 32.7 Å². The molecule has 0 bridgehead atoms. The molecule has 1 aromatic heterocycles. The van der Waals surface area contributed by atoms with Gasteiger partial charge in [0.25, 0.3) is 5.91 Å². The second-order valence-corrected chi connectivity index (χ2v) is 5.25. The van der Waals surface area contributed by atoms with Crippen molar-refractivity contribution in [1.29, 1.82) is 0 Å². The van der Waals surface area contributed by atoms with Crippen molar-refractivity contribution < 1.29 is 19.5 Å². The van der Waals surface area contributed by atoms with Crippen molar-refractivity contribution in [2.45, 2.75) is 13.8 Å². The summed E-state index contributed by atoms with van der Waals surface area (Å²) in [7, 11) is 0. The number of rotatable bonds is 3. The molecule has 23 heavy (non-hydrogen) atoms. The van der Waals surface area contributed by atoms with Gasteiger partial charge in [-0.15, -0.1) is 0 Å². The Balaban J connectivity index is 2.01. The monoisotopic (exact) mass is 320 g/mol. The maximum atomic E-state index is 12.4. The van der Waals surface area contributed by atoms with E-state index in [9.17, 15) is 14.4 Å². The van der Waals surface area contributed by atoms with Crippen molar-refractivity contribution in [3.63, 3.8) is 0 Å². The number of carbonyl (C=O) groups is 3. The molecule has 0 spiro atoms. The van der Waals surface area contributed by atoms with Crippen LogP contribution in [0.25, 0.3) is 0 Å². The summed E-state index contributed by atoms with van der Waals surface area (Å²) in [5.74, 6) is -1.31. The Morgan fingerprint density at radius 3 is 2.30 bits per heavy atom. The van der Waals surface area contributed by atoms with Gasteiger partial charge in [0.2, 0.25) is 0 Å². The maximum Gasteiger partial charge on any atom is 0.337 e. The summed E-state index contributed by atoms with van der Waals surface area (Å²) < 4.78 is 0. The Bertz CT molecular complexity index is 624. The molecule has 3 amide bonds. The Morgan fingerprint density at radius 1 is 1.17 bits per heavy atom. The molecule has 2 N–H and O–H groups in total. The second kappa shape index (κ2) is 7.08. The second-order valence-electron chi connectivity index (χ2n) is 5.25. The van der Waals surface area contributed by atoms with Gasteiger partial charge in [-0.2, -0.15) is 0 Å². The number of pyridine rings is 1. The van der Waals surface area contributed by atoms with E-state index in [1.54, 1.807) is 16.7 Å². The molecule has 8 nitrogen and oxygen atoms in total. The van der Waals surface area contributed by atoms with Crippen LogP contribution >= 0.6 is 0 Å². The van der Waals surface area contributed by atoms with Crippen LogP contribution in [0.5, 0.6) is 0 Å². The van der Waals surface area contributed by atoms with Crippen LogP contribution in [0.15, 0.2) is 12.1 Å². The van der Waals surface area contributed by atoms with E-state index < -0.39 is 5.97 Å². The number of piperazine rings is 1. The van der Waals surface area contributed by atoms with Gasteiger partial charge in [0.05, 0.1) is 11.3 Å². The number of hydrogen-bond acceptors (Lipinski definition) is 4. The molecular formula is C15H20N4O4. The van der Waals surface area contributed by atoms with Gasteiger partial charge in [-0.05, 0) is 26.0 Å². The Hall–Kier alpha value is -2.64. The molecule has 2 rings (SSSR count). The molecule has 0 radical (unpaired) electrons. The number of carbonyl (C=O) groups excluding carboxylic acids is 2. The predicted molar refractivity (Wildman–Crippen MR) is 82.5 cm³/mol. The van der Waals surface area contributed by atoms with Gasteiger partial charge in [-0.3, -0.25) is 4.79 Å². The lowest BCUT2D eigenvalue weighted by Crippen LogP contribution is -2.53. The van der Waals surface area contributed by atoms with E-state index in [0.717, 1.165) is 0 Å². The lowest BCUT2D eigenvalue weighted by Gasteiger charge is -2.34. The summed E-state index contributed by atoms with van der Waals surface area (Å²) in [5.41, 5.74) is 0.617. The highest BCUT2D eigenvalue weighted by atomic mass is 16.4. The van der Waals surface area contributed by atoms with Gasteiger partial charge in [-0.1, -0.05) is 0 Å². The quantitative estimate of drug-likeness (QED) is 0.848. The third-order valence-electron chi connectivity index (χ3n) is 3.72. The third kappa shape index (κ3) is 3.77. The van der Waals surface area contributed by atoms with Crippen LogP contribution in [0.1, 0.15) is 33.5 Å². The van der Waals surface area contributed by atoms with Crippen LogP contribution in [0, 0.1) is 6.92 Å². The van der Waals surface area contributed by atoms with Crippen LogP contribution in [-0.4, -0.2) is 70.5 Å². The van der Waals surface area contributed by atoms with Gasteiger partial charge in [0.1, 0.15) is 5.69 Å². The van der Waals surface area contributed by atoms with E-state index in [4.69, 9.17) is 5.11 Å². The summed E-state index contributed by atoms with van der Waals surface area (Å²) in [6.45, 7) is 5.76. The lowest BCUT2D eigenvalue weighted by atomic mass is 10.1. The molecule has 0 unspecified atom stereocenters. The zero-order valence-corrected chi connectivity index (χ0v) is 13.2. The summed E-state index contributed by atoms with van der Waals surface area (Å²) in [6, 6.07) is 2.69. The number of carboxylic acid groups (broad SMARTS) is 1. The SMILES string of the molecule is CCNC(=O)N1CCN(C(=O)c2ccc(C(=O)O)c(C)n2)CC1. The highest BCUT2D eigenvalue weighted by Crippen LogP contribution is 2.11. The molecule has 2 heterocycles. The molecule has 1 fully saturated rings. The van der Waals surface area contributed by atoms with Crippen LogP contribution < -0.4 is 5.32 Å². The number of aromatic carboxylic acids is 1. The largest absolute Gasteiger partial charge is 0.478 e. The Labute approximate surface area is 134 Å². The van der Waals surface area contributed by atoms with Gasteiger partial charge < -0.3 is 20.2 Å². The predicted octanol–water partition coefficient (Wildman–Crippen LogP) is 0.576. The van der Waals surface area contributed by atoms with E-state index in [1.165, 1.54) is 12.1 Å². The molecule has 8 heteroatoms. The fourth-order valence-corrected chi connectivity index (χ4v) is 2.44. The summed E-state index contributed by atoms with van der Waals surface area (Å²) in [4.78, 5) is 42.5. The highest BCUT2D eigenvalue weighted by Gasteiger charge is 2.25. The fraction of sp³-hybridized carbons (Fsp3) is 0.467. The van der Waals surface area contributed by atoms with Gasteiger partial charge in [0, 0.05) is 32.7 Å².